The van der Waals surface area contributed by atoms with Crippen LogP contribution in [0.2, 0.25) is 0 Å². The number of nitrogens with zero attached hydrogens (tertiary/aromatic N) is 3. The molecule has 0 radical (unpaired) electrons. The van der Waals surface area contributed by atoms with Gasteiger partial charge in [0.05, 0.1) is 17.8 Å². The summed E-state index contributed by atoms with van der Waals surface area (Å²) in [6, 6.07) is 0.347. The summed E-state index contributed by atoms with van der Waals surface area (Å²) in [5, 5.41) is 14.6. The van der Waals surface area contributed by atoms with Gasteiger partial charge in [-0.2, -0.15) is 0 Å². The summed E-state index contributed by atoms with van der Waals surface area (Å²) in [6.45, 7) is 5.25. The van der Waals surface area contributed by atoms with Gasteiger partial charge in [0.2, 0.25) is 0 Å². The van der Waals surface area contributed by atoms with E-state index in [-0.39, 0.29) is 5.91 Å². The molecule has 3 rings (SSSR count). The lowest BCUT2D eigenvalue weighted by molar-refractivity contribution is 0.0565. The second-order valence-corrected chi connectivity index (χ2v) is 6.84. The first-order chi connectivity index (χ1) is 11.8. The zero-order valence-electron chi connectivity index (χ0n) is 14.6. The second kappa shape index (κ2) is 8.58. The second-order valence-electron chi connectivity index (χ2n) is 6.84. The number of amides is 1. The van der Waals surface area contributed by atoms with Crippen LogP contribution in [0.5, 0.6) is 0 Å². The van der Waals surface area contributed by atoms with Gasteiger partial charge in [-0.3, -0.25) is 4.79 Å². The first-order valence-electron chi connectivity index (χ1n) is 9.28. The van der Waals surface area contributed by atoms with E-state index in [4.69, 9.17) is 4.74 Å². The van der Waals surface area contributed by atoms with Crippen LogP contribution >= 0.6 is 0 Å². The number of piperidine rings is 1. The van der Waals surface area contributed by atoms with Crippen LogP contribution in [0.4, 0.5) is 0 Å². The predicted molar refractivity (Wildman–Crippen MR) is 91.1 cm³/mol. The molecule has 1 saturated heterocycles. The van der Waals surface area contributed by atoms with Gasteiger partial charge in [0, 0.05) is 13.2 Å². The molecular weight excluding hydrogens is 306 g/mol. The highest BCUT2D eigenvalue weighted by Gasteiger charge is 2.22. The van der Waals surface area contributed by atoms with E-state index in [0.29, 0.717) is 31.0 Å². The molecule has 1 aromatic heterocycles. The number of nitrogens with one attached hydrogen (secondary N) is 2. The van der Waals surface area contributed by atoms with Crippen molar-refractivity contribution in [2.24, 2.45) is 0 Å². The molecule has 0 bridgehead atoms. The van der Waals surface area contributed by atoms with Crippen LogP contribution in [0.3, 0.4) is 0 Å². The standard InChI is InChI=1S/C17H29N5O2/c1-13-16(20-21-22(13)14-7-10-18-11-8-14)17(23)19-9-4-12-24-15-5-2-3-6-15/h14-15,18H,2-12H2,1H3,(H,19,23). The topological polar surface area (TPSA) is 81.1 Å². The molecule has 2 N–H and O–H groups in total. The molecule has 2 fully saturated rings. The van der Waals surface area contributed by atoms with Gasteiger partial charge >= 0.3 is 0 Å². The third-order valence-corrected chi connectivity index (χ3v) is 5.06. The van der Waals surface area contributed by atoms with E-state index < -0.39 is 0 Å². The fourth-order valence-corrected chi connectivity index (χ4v) is 3.61. The maximum absolute atomic E-state index is 12.3. The Labute approximate surface area is 143 Å². The van der Waals surface area contributed by atoms with Gasteiger partial charge in [-0.15, -0.1) is 5.10 Å². The van der Waals surface area contributed by atoms with Crippen molar-refractivity contribution in [2.45, 2.75) is 64.0 Å². The zero-order valence-corrected chi connectivity index (χ0v) is 14.6. The Bertz CT molecular complexity index is 533. The van der Waals surface area contributed by atoms with Crippen LogP contribution in [-0.4, -0.2) is 53.2 Å². The molecular formula is C17H29N5O2. The van der Waals surface area contributed by atoms with Crippen molar-refractivity contribution >= 4 is 5.91 Å². The highest BCUT2D eigenvalue weighted by molar-refractivity contribution is 5.93. The van der Waals surface area contributed by atoms with Crippen molar-refractivity contribution in [1.29, 1.82) is 0 Å². The lowest BCUT2D eigenvalue weighted by atomic mass is 10.1. The van der Waals surface area contributed by atoms with E-state index in [0.717, 1.165) is 38.0 Å². The van der Waals surface area contributed by atoms with E-state index in [1.165, 1.54) is 25.7 Å². The van der Waals surface area contributed by atoms with Crippen LogP contribution in [0, 0.1) is 6.92 Å². The number of rotatable bonds is 7. The summed E-state index contributed by atoms with van der Waals surface area (Å²) in [7, 11) is 0. The van der Waals surface area contributed by atoms with Gasteiger partial charge < -0.3 is 15.4 Å². The van der Waals surface area contributed by atoms with Gasteiger partial charge in [0.25, 0.3) is 5.91 Å². The Morgan fingerprint density at radius 3 is 2.79 bits per heavy atom. The summed E-state index contributed by atoms with van der Waals surface area (Å²) in [5.41, 5.74) is 1.31. The van der Waals surface area contributed by atoms with Gasteiger partial charge in [0.15, 0.2) is 5.69 Å². The van der Waals surface area contributed by atoms with E-state index in [1.54, 1.807) is 0 Å². The summed E-state index contributed by atoms with van der Waals surface area (Å²) in [4.78, 5) is 12.3. The highest BCUT2D eigenvalue weighted by Crippen LogP contribution is 2.21. The summed E-state index contributed by atoms with van der Waals surface area (Å²) >= 11 is 0. The number of aromatic nitrogens is 3. The summed E-state index contributed by atoms with van der Waals surface area (Å²) < 4.78 is 7.72. The van der Waals surface area contributed by atoms with E-state index >= 15 is 0 Å². The number of hydrogen-bond acceptors (Lipinski definition) is 5. The van der Waals surface area contributed by atoms with Crippen molar-refractivity contribution in [2.75, 3.05) is 26.2 Å². The molecule has 24 heavy (non-hydrogen) atoms. The van der Waals surface area contributed by atoms with Crippen LogP contribution < -0.4 is 10.6 Å². The number of carbonyl (C=O) groups excluding carboxylic acids is 1. The first kappa shape index (κ1) is 17.4. The molecule has 7 heteroatoms. The molecule has 7 nitrogen and oxygen atoms in total. The molecule has 2 heterocycles. The molecule has 134 valence electrons. The highest BCUT2D eigenvalue weighted by atomic mass is 16.5. The fraction of sp³-hybridized carbons (Fsp3) is 0.824. The van der Waals surface area contributed by atoms with Crippen molar-refractivity contribution in [3.63, 3.8) is 0 Å². The first-order valence-corrected chi connectivity index (χ1v) is 9.28. The molecule has 2 aliphatic rings. The van der Waals surface area contributed by atoms with Crippen LogP contribution in [-0.2, 0) is 4.74 Å². The van der Waals surface area contributed by atoms with Crippen molar-refractivity contribution in [1.82, 2.24) is 25.6 Å². The maximum atomic E-state index is 12.3. The van der Waals surface area contributed by atoms with E-state index in [1.807, 2.05) is 11.6 Å². The van der Waals surface area contributed by atoms with Crippen LogP contribution in [0.25, 0.3) is 0 Å². The van der Waals surface area contributed by atoms with Crippen LogP contribution in [0.1, 0.15) is 67.2 Å². The minimum atomic E-state index is -0.131. The minimum absolute atomic E-state index is 0.131. The fourth-order valence-electron chi connectivity index (χ4n) is 3.61. The van der Waals surface area contributed by atoms with Gasteiger partial charge in [-0.1, -0.05) is 18.1 Å². The number of hydrogen-bond donors (Lipinski definition) is 2. The summed E-state index contributed by atoms with van der Waals surface area (Å²) in [5.74, 6) is -0.131. The third kappa shape index (κ3) is 4.33. The molecule has 0 atom stereocenters. The Morgan fingerprint density at radius 2 is 2.04 bits per heavy atom. The Hall–Kier alpha value is -1.47. The molecule has 0 spiro atoms. The lowest BCUT2D eigenvalue weighted by Crippen LogP contribution is -2.30. The van der Waals surface area contributed by atoms with Crippen LogP contribution in [0.15, 0.2) is 0 Å². The largest absolute Gasteiger partial charge is 0.378 e. The normalized spacial score (nSPS) is 19.7. The van der Waals surface area contributed by atoms with Gasteiger partial charge in [0.1, 0.15) is 0 Å². The average Bonchev–Trinajstić information content (AvgIpc) is 3.25. The Kier molecular flexibility index (Phi) is 6.20. The number of carbonyl (C=O) groups is 1. The molecule has 1 aliphatic heterocycles. The van der Waals surface area contributed by atoms with E-state index in [2.05, 4.69) is 20.9 Å². The molecule has 1 saturated carbocycles. The van der Waals surface area contributed by atoms with Gasteiger partial charge in [-0.05, 0) is 52.1 Å². The Balaban J connectivity index is 1.42. The number of ether oxygens (including phenoxy) is 1. The Morgan fingerprint density at radius 1 is 1.29 bits per heavy atom. The maximum Gasteiger partial charge on any atom is 0.273 e. The van der Waals surface area contributed by atoms with Crippen molar-refractivity contribution in [3.8, 4) is 0 Å². The lowest BCUT2D eigenvalue weighted by Gasteiger charge is -2.23. The molecule has 1 amide bonds. The van der Waals surface area contributed by atoms with Gasteiger partial charge in [-0.25, -0.2) is 4.68 Å². The zero-order chi connectivity index (χ0) is 16.8. The average molecular weight is 335 g/mol. The molecule has 1 aromatic rings. The van der Waals surface area contributed by atoms with Crippen molar-refractivity contribution in [3.05, 3.63) is 11.4 Å². The minimum Gasteiger partial charge on any atom is -0.378 e. The van der Waals surface area contributed by atoms with E-state index in [9.17, 15) is 4.79 Å². The molecule has 1 aliphatic carbocycles. The smallest absolute Gasteiger partial charge is 0.273 e. The monoisotopic (exact) mass is 335 g/mol. The quantitative estimate of drug-likeness (QED) is 0.740. The van der Waals surface area contributed by atoms with Crippen molar-refractivity contribution < 1.29 is 9.53 Å². The third-order valence-electron chi connectivity index (χ3n) is 5.06. The molecule has 0 unspecified atom stereocenters. The summed E-state index contributed by atoms with van der Waals surface area (Å²) in [6.07, 6.45) is 8.28. The predicted octanol–water partition coefficient (Wildman–Crippen LogP) is 1.59. The SMILES string of the molecule is Cc1c(C(=O)NCCCOC2CCCC2)nnn1C1CCNCC1. The molecule has 0 aromatic carbocycles.